The number of carboxylic acid groups (broad SMARTS) is 1. The summed E-state index contributed by atoms with van der Waals surface area (Å²) < 4.78 is 6.22. The van der Waals surface area contributed by atoms with E-state index in [1.165, 1.54) is 56.5 Å². The van der Waals surface area contributed by atoms with Gasteiger partial charge in [-0.3, -0.25) is 4.79 Å². The van der Waals surface area contributed by atoms with Gasteiger partial charge >= 0.3 is 5.97 Å². The fourth-order valence-corrected chi connectivity index (χ4v) is 6.43. The lowest BCUT2D eigenvalue weighted by Gasteiger charge is -2.28. The van der Waals surface area contributed by atoms with Crippen LogP contribution in [0.15, 0.2) is 12.2 Å². The van der Waals surface area contributed by atoms with Crippen LogP contribution < -0.4 is 0 Å². The SMILES string of the molecule is O=C(O)CCC/C=C\CC1C2CCC(O2)C1CSCC1CCCCC1. The number of carboxylic acids is 1. The summed E-state index contributed by atoms with van der Waals surface area (Å²) in [6.45, 7) is 0. The Morgan fingerprint density at radius 1 is 1.00 bits per heavy atom. The van der Waals surface area contributed by atoms with Crippen molar-refractivity contribution in [1.29, 1.82) is 0 Å². The number of ether oxygens (including phenoxy) is 1. The molecule has 2 bridgehead atoms. The molecule has 0 spiro atoms. The maximum Gasteiger partial charge on any atom is 0.303 e. The molecule has 0 amide bonds. The summed E-state index contributed by atoms with van der Waals surface area (Å²) in [6, 6.07) is 0. The van der Waals surface area contributed by atoms with Gasteiger partial charge in [-0.25, -0.2) is 0 Å². The van der Waals surface area contributed by atoms with Gasteiger partial charge in [0.05, 0.1) is 12.2 Å². The number of fused-ring (bicyclic) bond motifs is 2. The fourth-order valence-electron chi connectivity index (χ4n) is 4.89. The van der Waals surface area contributed by atoms with Crippen LogP contribution in [0.25, 0.3) is 0 Å². The number of rotatable bonds is 10. The predicted molar refractivity (Wildman–Crippen MR) is 104 cm³/mol. The number of allylic oxidation sites excluding steroid dienone is 2. The Kier molecular flexibility index (Phi) is 7.72. The van der Waals surface area contributed by atoms with Crippen LogP contribution in [0.2, 0.25) is 0 Å². The second-order valence-electron chi connectivity index (χ2n) is 8.15. The Bertz CT molecular complexity index is 444. The first kappa shape index (κ1) is 19.3. The van der Waals surface area contributed by atoms with Crippen LogP contribution in [0.4, 0.5) is 0 Å². The Hall–Kier alpha value is -0.480. The van der Waals surface area contributed by atoms with E-state index in [2.05, 4.69) is 23.9 Å². The number of hydrogen-bond acceptors (Lipinski definition) is 3. The van der Waals surface area contributed by atoms with E-state index in [1.54, 1.807) is 0 Å². The summed E-state index contributed by atoms with van der Waals surface area (Å²) in [5, 5.41) is 8.68. The van der Waals surface area contributed by atoms with Crippen molar-refractivity contribution in [2.45, 2.75) is 82.8 Å². The molecule has 0 aromatic carbocycles. The van der Waals surface area contributed by atoms with Crippen LogP contribution in [0, 0.1) is 17.8 Å². The highest BCUT2D eigenvalue weighted by molar-refractivity contribution is 7.99. The topological polar surface area (TPSA) is 46.5 Å². The van der Waals surface area contributed by atoms with Gasteiger partial charge in [-0.05, 0) is 74.2 Å². The van der Waals surface area contributed by atoms with E-state index >= 15 is 0 Å². The Morgan fingerprint density at radius 2 is 1.76 bits per heavy atom. The second kappa shape index (κ2) is 10.0. The van der Waals surface area contributed by atoms with Crippen LogP contribution in [-0.2, 0) is 9.53 Å². The van der Waals surface area contributed by atoms with E-state index < -0.39 is 5.97 Å². The molecule has 4 atom stereocenters. The molecule has 3 nitrogen and oxygen atoms in total. The molecule has 2 aliphatic heterocycles. The van der Waals surface area contributed by atoms with E-state index in [1.807, 2.05) is 0 Å². The lowest BCUT2D eigenvalue weighted by atomic mass is 9.78. The molecule has 3 aliphatic rings. The second-order valence-corrected chi connectivity index (χ2v) is 9.23. The molecular weight excluding hydrogens is 332 g/mol. The highest BCUT2D eigenvalue weighted by Gasteiger charge is 2.47. The zero-order valence-corrected chi connectivity index (χ0v) is 16.2. The van der Waals surface area contributed by atoms with Gasteiger partial charge in [0.1, 0.15) is 0 Å². The monoisotopic (exact) mass is 366 g/mol. The first-order valence-corrected chi connectivity index (χ1v) is 11.5. The summed E-state index contributed by atoms with van der Waals surface area (Å²) in [6.07, 6.45) is 18.2. The smallest absolute Gasteiger partial charge is 0.303 e. The van der Waals surface area contributed by atoms with Gasteiger partial charge in [-0.2, -0.15) is 11.8 Å². The van der Waals surface area contributed by atoms with E-state index in [9.17, 15) is 4.79 Å². The molecule has 1 saturated carbocycles. The van der Waals surface area contributed by atoms with Gasteiger partial charge in [0.25, 0.3) is 0 Å². The molecule has 0 aromatic heterocycles. The first-order valence-electron chi connectivity index (χ1n) is 10.3. The third-order valence-electron chi connectivity index (χ3n) is 6.32. The average Bonchev–Trinajstić information content (AvgIpc) is 3.21. The fraction of sp³-hybridized carbons (Fsp3) is 0.857. The predicted octanol–water partition coefficient (Wildman–Crippen LogP) is 5.29. The third-order valence-corrected chi connectivity index (χ3v) is 7.64. The van der Waals surface area contributed by atoms with Crippen LogP contribution in [-0.4, -0.2) is 34.8 Å². The largest absolute Gasteiger partial charge is 0.481 e. The average molecular weight is 367 g/mol. The van der Waals surface area contributed by atoms with Crippen LogP contribution >= 0.6 is 11.8 Å². The molecule has 2 saturated heterocycles. The van der Waals surface area contributed by atoms with Crippen molar-refractivity contribution in [3.8, 4) is 0 Å². The highest BCUT2D eigenvalue weighted by Crippen LogP contribution is 2.46. The molecule has 4 heteroatoms. The molecule has 0 aromatic rings. The van der Waals surface area contributed by atoms with E-state index in [0.29, 0.717) is 18.1 Å². The standard InChI is InChI=1S/C21H34O3S/c22-21(23)11-7-2-1-6-10-17-18(20-13-12-19(17)24-20)15-25-14-16-8-4-3-5-9-16/h1,6,16-20H,2-5,7-15H2,(H,22,23)/b6-1-. The maximum absolute atomic E-state index is 10.5. The minimum atomic E-state index is -0.690. The summed E-state index contributed by atoms with van der Waals surface area (Å²) >= 11 is 2.18. The van der Waals surface area contributed by atoms with Crippen molar-refractivity contribution in [3.63, 3.8) is 0 Å². The quantitative estimate of drug-likeness (QED) is 0.421. The van der Waals surface area contributed by atoms with Gasteiger partial charge < -0.3 is 9.84 Å². The number of hydrogen-bond donors (Lipinski definition) is 1. The Labute approximate surface area is 157 Å². The van der Waals surface area contributed by atoms with E-state index in [4.69, 9.17) is 9.84 Å². The van der Waals surface area contributed by atoms with Gasteiger partial charge in [0.15, 0.2) is 0 Å². The first-order chi connectivity index (χ1) is 12.2. The molecule has 1 N–H and O–H groups in total. The normalized spacial score (nSPS) is 32.6. The van der Waals surface area contributed by atoms with Crippen LogP contribution in [0.5, 0.6) is 0 Å². The molecule has 1 aliphatic carbocycles. The van der Waals surface area contributed by atoms with Gasteiger partial charge in [-0.15, -0.1) is 0 Å². The number of thioether (sulfide) groups is 1. The lowest BCUT2D eigenvalue weighted by Crippen LogP contribution is -2.29. The van der Waals surface area contributed by atoms with Crippen molar-refractivity contribution >= 4 is 17.7 Å². The lowest BCUT2D eigenvalue weighted by molar-refractivity contribution is -0.137. The van der Waals surface area contributed by atoms with Crippen LogP contribution in [0.3, 0.4) is 0 Å². The molecule has 4 unspecified atom stereocenters. The molecule has 142 valence electrons. The molecule has 2 heterocycles. The number of carbonyl (C=O) groups is 1. The molecule has 0 radical (unpaired) electrons. The van der Waals surface area contributed by atoms with Crippen molar-refractivity contribution in [1.82, 2.24) is 0 Å². The molecule has 25 heavy (non-hydrogen) atoms. The van der Waals surface area contributed by atoms with Gasteiger partial charge in [-0.1, -0.05) is 31.4 Å². The van der Waals surface area contributed by atoms with E-state index in [-0.39, 0.29) is 6.42 Å². The summed E-state index contributed by atoms with van der Waals surface area (Å²) in [7, 11) is 0. The zero-order chi connectivity index (χ0) is 17.5. The number of unbranched alkanes of at least 4 members (excludes halogenated alkanes) is 1. The van der Waals surface area contributed by atoms with Crippen molar-refractivity contribution in [2.24, 2.45) is 17.8 Å². The van der Waals surface area contributed by atoms with Crippen molar-refractivity contribution in [2.75, 3.05) is 11.5 Å². The van der Waals surface area contributed by atoms with Gasteiger partial charge in [0.2, 0.25) is 0 Å². The van der Waals surface area contributed by atoms with Gasteiger partial charge in [0, 0.05) is 6.42 Å². The summed E-state index contributed by atoms with van der Waals surface area (Å²) in [4.78, 5) is 10.5. The van der Waals surface area contributed by atoms with Crippen molar-refractivity contribution < 1.29 is 14.6 Å². The zero-order valence-electron chi connectivity index (χ0n) is 15.4. The Morgan fingerprint density at radius 3 is 2.52 bits per heavy atom. The summed E-state index contributed by atoms with van der Waals surface area (Å²) in [5.74, 6) is 4.32. The molecular formula is C21H34O3S. The third kappa shape index (κ3) is 5.75. The van der Waals surface area contributed by atoms with Crippen molar-refractivity contribution in [3.05, 3.63) is 12.2 Å². The minimum Gasteiger partial charge on any atom is -0.481 e. The van der Waals surface area contributed by atoms with E-state index in [0.717, 1.165) is 31.1 Å². The molecule has 3 rings (SSSR count). The number of aliphatic carboxylic acids is 1. The van der Waals surface area contributed by atoms with Crippen LogP contribution in [0.1, 0.15) is 70.6 Å². The summed E-state index contributed by atoms with van der Waals surface area (Å²) in [5.41, 5.74) is 0. The Balaban J connectivity index is 1.38. The minimum absolute atomic E-state index is 0.280. The maximum atomic E-state index is 10.5. The molecule has 3 fully saturated rings. The highest BCUT2D eigenvalue weighted by atomic mass is 32.2.